The van der Waals surface area contributed by atoms with Crippen molar-refractivity contribution in [1.29, 1.82) is 0 Å². The number of aromatic carboxylic acids is 1. The molecule has 2 rings (SSSR count). The van der Waals surface area contributed by atoms with E-state index in [1.54, 1.807) is 31.2 Å². The fraction of sp³-hybridized carbons (Fsp3) is 0.0667. The van der Waals surface area contributed by atoms with Crippen LogP contribution < -0.4 is 5.32 Å². The van der Waals surface area contributed by atoms with Crippen molar-refractivity contribution in [1.82, 2.24) is 0 Å². The average Bonchev–Trinajstić information content (AvgIpc) is 2.38. The lowest BCUT2D eigenvalue weighted by Crippen LogP contribution is -2.16. The van der Waals surface area contributed by atoms with Crippen molar-refractivity contribution in [2.75, 3.05) is 5.32 Å². The van der Waals surface area contributed by atoms with Crippen LogP contribution in [0.4, 0.5) is 10.1 Å². The molecule has 2 aromatic carbocycles. The van der Waals surface area contributed by atoms with Gasteiger partial charge in [0.05, 0.1) is 11.3 Å². The van der Waals surface area contributed by atoms with Crippen molar-refractivity contribution in [3.8, 4) is 0 Å². The van der Waals surface area contributed by atoms with Crippen LogP contribution in [0.5, 0.6) is 0 Å². The van der Waals surface area contributed by atoms with Gasteiger partial charge in [-0.05, 0) is 36.8 Å². The third-order valence-electron chi connectivity index (χ3n) is 2.85. The molecule has 0 atom stereocenters. The molecule has 0 aliphatic carbocycles. The molecular formula is C15H12FNO3. The molecule has 0 saturated heterocycles. The number of rotatable bonds is 3. The van der Waals surface area contributed by atoms with Crippen LogP contribution in [0.25, 0.3) is 0 Å². The first-order chi connectivity index (χ1) is 9.49. The standard InChI is InChI=1S/C15H12FNO3/c1-9-4-2-3-5-11(9)14(18)17-13-8-10(16)6-7-12(13)15(19)20/h2-8H,1H3,(H,17,18)(H,19,20). The number of nitrogens with one attached hydrogen (secondary N) is 1. The third kappa shape index (κ3) is 2.83. The minimum atomic E-state index is -1.23. The van der Waals surface area contributed by atoms with Gasteiger partial charge in [0.2, 0.25) is 0 Å². The summed E-state index contributed by atoms with van der Waals surface area (Å²) in [6.07, 6.45) is 0. The molecule has 0 aliphatic rings. The number of carboxylic acids is 1. The van der Waals surface area contributed by atoms with Gasteiger partial charge in [0.1, 0.15) is 5.82 Å². The van der Waals surface area contributed by atoms with Crippen molar-refractivity contribution < 1.29 is 19.1 Å². The lowest BCUT2D eigenvalue weighted by atomic mass is 10.1. The summed E-state index contributed by atoms with van der Waals surface area (Å²) >= 11 is 0. The molecule has 0 bridgehead atoms. The summed E-state index contributed by atoms with van der Waals surface area (Å²) in [5.74, 6) is -2.32. The molecule has 2 N–H and O–H groups in total. The Bertz CT molecular complexity index is 683. The van der Waals surface area contributed by atoms with Gasteiger partial charge in [-0.15, -0.1) is 0 Å². The number of anilines is 1. The second kappa shape index (κ2) is 5.52. The van der Waals surface area contributed by atoms with Crippen molar-refractivity contribution in [3.05, 3.63) is 65.0 Å². The smallest absolute Gasteiger partial charge is 0.337 e. The maximum Gasteiger partial charge on any atom is 0.337 e. The first kappa shape index (κ1) is 13.7. The Labute approximate surface area is 114 Å². The molecule has 0 aliphatic heterocycles. The lowest BCUT2D eigenvalue weighted by molar-refractivity contribution is 0.0698. The molecule has 0 aromatic heterocycles. The molecule has 4 nitrogen and oxygen atoms in total. The van der Waals surface area contributed by atoms with E-state index in [1.165, 1.54) is 0 Å². The van der Waals surface area contributed by atoms with Gasteiger partial charge in [0.25, 0.3) is 5.91 Å². The molecular weight excluding hydrogens is 261 g/mol. The number of hydrogen-bond acceptors (Lipinski definition) is 2. The highest BCUT2D eigenvalue weighted by molar-refractivity contribution is 6.08. The van der Waals surface area contributed by atoms with Gasteiger partial charge >= 0.3 is 5.97 Å². The van der Waals surface area contributed by atoms with E-state index in [9.17, 15) is 14.0 Å². The number of carbonyl (C=O) groups excluding carboxylic acids is 1. The van der Waals surface area contributed by atoms with Crippen molar-refractivity contribution in [2.45, 2.75) is 6.92 Å². The quantitative estimate of drug-likeness (QED) is 0.903. The third-order valence-corrected chi connectivity index (χ3v) is 2.85. The van der Waals surface area contributed by atoms with Crippen LogP contribution in [0.2, 0.25) is 0 Å². The molecule has 0 fully saturated rings. The first-order valence-electron chi connectivity index (χ1n) is 5.89. The molecule has 0 saturated carbocycles. The van der Waals surface area contributed by atoms with E-state index < -0.39 is 17.7 Å². The Morgan fingerprint density at radius 3 is 2.45 bits per heavy atom. The Balaban J connectivity index is 2.35. The normalized spacial score (nSPS) is 10.1. The summed E-state index contributed by atoms with van der Waals surface area (Å²) in [6.45, 7) is 1.76. The Kier molecular flexibility index (Phi) is 3.79. The second-order valence-corrected chi connectivity index (χ2v) is 4.26. The summed E-state index contributed by atoms with van der Waals surface area (Å²) in [5.41, 5.74) is 0.936. The van der Waals surface area contributed by atoms with E-state index in [2.05, 4.69) is 5.32 Å². The van der Waals surface area contributed by atoms with Gasteiger partial charge in [0, 0.05) is 5.56 Å². The fourth-order valence-corrected chi connectivity index (χ4v) is 1.82. The Morgan fingerprint density at radius 2 is 1.80 bits per heavy atom. The van der Waals surface area contributed by atoms with Gasteiger partial charge in [0.15, 0.2) is 0 Å². The SMILES string of the molecule is Cc1ccccc1C(=O)Nc1cc(F)ccc1C(=O)O. The predicted molar refractivity (Wildman–Crippen MR) is 72.5 cm³/mol. The molecule has 0 spiro atoms. The highest BCUT2D eigenvalue weighted by atomic mass is 19.1. The van der Waals surface area contributed by atoms with E-state index >= 15 is 0 Å². The van der Waals surface area contributed by atoms with Crippen molar-refractivity contribution in [2.24, 2.45) is 0 Å². The Hall–Kier alpha value is -2.69. The number of hydrogen-bond donors (Lipinski definition) is 2. The molecule has 2 aromatic rings. The number of carbonyl (C=O) groups is 2. The van der Waals surface area contributed by atoms with Crippen LogP contribution in [-0.2, 0) is 0 Å². The van der Waals surface area contributed by atoms with Gasteiger partial charge in [-0.1, -0.05) is 18.2 Å². The predicted octanol–water partition coefficient (Wildman–Crippen LogP) is 3.08. The zero-order chi connectivity index (χ0) is 14.7. The van der Waals surface area contributed by atoms with Gasteiger partial charge < -0.3 is 10.4 Å². The van der Waals surface area contributed by atoms with E-state index in [1.807, 2.05) is 0 Å². The van der Waals surface area contributed by atoms with Gasteiger partial charge in [-0.25, -0.2) is 9.18 Å². The highest BCUT2D eigenvalue weighted by Crippen LogP contribution is 2.19. The fourth-order valence-electron chi connectivity index (χ4n) is 1.82. The van der Waals surface area contributed by atoms with E-state index in [0.717, 1.165) is 23.8 Å². The number of halogens is 1. The number of benzene rings is 2. The highest BCUT2D eigenvalue weighted by Gasteiger charge is 2.15. The molecule has 1 amide bonds. The molecule has 0 heterocycles. The van der Waals surface area contributed by atoms with Crippen molar-refractivity contribution in [3.63, 3.8) is 0 Å². The van der Waals surface area contributed by atoms with E-state index in [4.69, 9.17) is 5.11 Å². The van der Waals surface area contributed by atoms with Crippen LogP contribution in [-0.4, -0.2) is 17.0 Å². The van der Waals surface area contributed by atoms with Crippen LogP contribution in [0.15, 0.2) is 42.5 Å². The summed E-state index contributed by atoms with van der Waals surface area (Å²) in [4.78, 5) is 23.1. The van der Waals surface area contributed by atoms with Gasteiger partial charge in [-0.2, -0.15) is 0 Å². The van der Waals surface area contributed by atoms with E-state index in [0.29, 0.717) is 5.56 Å². The zero-order valence-electron chi connectivity index (χ0n) is 10.7. The number of aryl methyl sites for hydroxylation is 1. The summed E-state index contributed by atoms with van der Waals surface area (Å²) in [6, 6.07) is 10.0. The number of amides is 1. The van der Waals surface area contributed by atoms with E-state index in [-0.39, 0.29) is 11.3 Å². The molecule has 102 valence electrons. The largest absolute Gasteiger partial charge is 0.478 e. The molecule has 0 radical (unpaired) electrons. The second-order valence-electron chi connectivity index (χ2n) is 4.26. The monoisotopic (exact) mass is 273 g/mol. The minimum Gasteiger partial charge on any atom is -0.478 e. The minimum absolute atomic E-state index is 0.0641. The summed E-state index contributed by atoms with van der Waals surface area (Å²) < 4.78 is 13.2. The van der Waals surface area contributed by atoms with Crippen LogP contribution in [0.3, 0.4) is 0 Å². The molecule has 20 heavy (non-hydrogen) atoms. The lowest BCUT2D eigenvalue weighted by Gasteiger charge is -2.10. The van der Waals surface area contributed by atoms with Gasteiger partial charge in [-0.3, -0.25) is 4.79 Å². The molecule has 0 unspecified atom stereocenters. The maximum absolute atomic E-state index is 13.2. The molecule has 5 heteroatoms. The van der Waals surface area contributed by atoms with Crippen LogP contribution in [0, 0.1) is 12.7 Å². The van der Waals surface area contributed by atoms with Crippen LogP contribution in [0.1, 0.15) is 26.3 Å². The maximum atomic E-state index is 13.2. The first-order valence-corrected chi connectivity index (χ1v) is 5.89. The summed E-state index contributed by atoms with van der Waals surface area (Å²) in [7, 11) is 0. The zero-order valence-corrected chi connectivity index (χ0v) is 10.7. The van der Waals surface area contributed by atoms with Crippen LogP contribution >= 0.6 is 0 Å². The number of carboxylic acid groups (broad SMARTS) is 1. The van der Waals surface area contributed by atoms with Crippen molar-refractivity contribution >= 4 is 17.6 Å². The topological polar surface area (TPSA) is 66.4 Å². The summed E-state index contributed by atoms with van der Waals surface area (Å²) in [5, 5.41) is 11.5. The average molecular weight is 273 g/mol. The Morgan fingerprint density at radius 1 is 1.10 bits per heavy atom.